The minimum absolute atomic E-state index is 0.0383. The van der Waals surface area contributed by atoms with Crippen molar-refractivity contribution in [2.45, 2.75) is 13.5 Å². The number of aromatic nitrogens is 5. The first-order chi connectivity index (χ1) is 16.1. The number of carbonyl (C=O) groups is 1. The average molecular weight is 446 g/mol. The Balaban J connectivity index is 1.30. The van der Waals surface area contributed by atoms with Crippen molar-refractivity contribution in [2.24, 2.45) is 0 Å². The molecule has 168 valence electrons. The molecule has 0 aliphatic carbocycles. The summed E-state index contributed by atoms with van der Waals surface area (Å²) >= 11 is 0. The van der Waals surface area contributed by atoms with Crippen LogP contribution in [0.4, 0.5) is 21.7 Å². The number of fused-ring (bicyclic) bond motifs is 1. The van der Waals surface area contributed by atoms with E-state index >= 15 is 0 Å². The standard InChI is InChI=1S/C23H23FN8O/c1-16-5-6-17(24)12-19(16)29-21(33)14-32-23-18(13-28-32)22(26-15-27-23)31-10-8-30(9-11-31)20-4-2-3-7-25-20/h2-7,12-13,15H,8-11,14H2,1H3,(H,29,33). The maximum Gasteiger partial charge on any atom is 0.246 e. The number of piperazine rings is 1. The molecule has 1 aliphatic rings. The largest absolute Gasteiger partial charge is 0.353 e. The fourth-order valence-corrected chi connectivity index (χ4v) is 3.99. The van der Waals surface area contributed by atoms with E-state index in [1.807, 2.05) is 25.1 Å². The first-order valence-electron chi connectivity index (χ1n) is 10.7. The second-order valence-corrected chi connectivity index (χ2v) is 7.91. The lowest BCUT2D eigenvalue weighted by molar-refractivity contribution is -0.116. The summed E-state index contributed by atoms with van der Waals surface area (Å²) < 4.78 is 15.1. The van der Waals surface area contributed by atoms with Gasteiger partial charge in [0.25, 0.3) is 0 Å². The Hall–Kier alpha value is -4.08. The number of nitrogens with one attached hydrogen (secondary N) is 1. The molecule has 3 aromatic heterocycles. The summed E-state index contributed by atoms with van der Waals surface area (Å²) in [5.74, 6) is 1.06. The summed E-state index contributed by atoms with van der Waals surface area (Å²) in [4.78, 5) is 30.3. The number of pyridine rings is 1. The Morgan fingerprint density at radius 1 is 1.06 bits per heavy atom. The van der Waals surface area contributed by atoms with Gasteiger partial charge in [-0.2, -0.15) is 5.10 Å². The van der Waals surface area contributed by atoms with Crippen LogP contribution in [0, 0.1) is 12.7 Å². The quantitative estimate of drug-likeness (QED) is 0.504. The first-order valence-corrected chi connectivity index (χ1v) is 10.7. The number of benzene rings is 1. The third-order valence-corrected chi connectivity index (χ3v) is 5.73. The molecule has 1 saturated heterocycles. The summed E-state index contributed by atoms with van der Waals surface area (Å²) in [6.07, 6.45) is 4.99. The van der Waals surface area contributed by atoms with E-state index in [2.05, 4.69) is 35.2 Å². The van der Waals surface area contributed by atoms with Crippen LogP contribution in [0.15, 0.2) is 55.1 Å². The van der Waals surface area contributed by atoms with Crippen molar-refractivity contribution in [1.82, 2.24) is 24.7 Å². The van der Waals surface area contributed by atoms with Gasteiger partial charge in [0.05, 0.1) is 11.6 Å². The monoisotopic (exact) mass is 446 g/mol. The van der Waals surface area contributed by atoms with E-state index in [0.717, 1.165) is 48.8 Å². The van der Waals surface area contributed by atoms with E-state index in [-0.39, 0.29) is 12.5 Å². The van der Waals surface area contributed by atoms with Gasteiger partial charge >= 0.3 is 0 Å². The van der Waals surface area contributed by atoms with E-state index in [1.54, 1.807) is 18.5 Å². The maximum atomic E-state index is 13.5. The Morgan fingerprint density at radius 2 is 1.88 bits per heavy atom. The van der Waals surface area contributed by atoms with E-state index < -0.39 is 5.82 Å². The molecule has 0 saturated carbocycles. The fraction of sp³-hybridized carbons (Fsp3) is 0.261. The summed E-state index contributed by atoms with van der Waals surface area (Å²) in [5.41, 5.74) is 1.81. The topological polar surface area (TPSA) is 92.1 Å². The molecule has 0 radical (unpaired) electrons. The van der Waals surface area contributed by atoms with Crippen LogP contribution in [-0.4, -0.2) is 56.8 Å². The van der Waals surface area contributed by atoms with E-state index in [4.69, 9.17) is 0 Å². The first kappa shape index (κ1) is 20.8. The molecule has 10 heteroatoms. The third kappa shape index (κ3) is 4.32. The molecule has 1 amide bonds. The number of anilines is 3. The van der Waals surface area contributed by atoms with E-state index in [0.29, 0.717) is 11.3 Å². The molecule has 4 heterocycles. The zero-order chi connectivity index (χ0) is 22.8. The summed E-state index contributed by atoms with van der Waals surface area (Å²) in [6.45, 7) is 4.99. The second-order valence-electron chi connectivity index (χ2n) is 7.91. The second kappa shape index (κ2) is 8.81. The summed E-state index contributed by atoms with van der Waals surface area (Å²) in [6, 6.07) is 10.2. The van der Waals surface area contributed by atoms with Crippen LogP contribution in [0.1, 0.15) is 5.56 Å². The highest BCUT2D eigenvalue weighted by Crippen LogP contribution is 2.25. The predicted octanol–water partition coefficient (Wildman–Crippen LogP) is 2.63. The van der Waals surface area contributed by atoms with Crippen LogP contribution >= 0.6 is 0 Å². The molecule has 1 aromatic carbocycles. The minimum atomic E-state index is -0.402. The lowest BCUT2D eigenvalue weighted by Crippen LogP contribution is -2.47. The molecular weight excluding hydrogens is 423 g/mol. The number of nitrogens with zero attached hydrogens (tertiary/aromatic N) is 7. The van der Waals surface area contributed by atoms with Crippen molar-refractivity contribution >= 4 is 34.3 Å². The van der Waals surface area contributed by atoms with Crippen LogP contribution in [0.25, 0.3) is 11.0 Å². The van der Waals surface area contributed by atoms with Gasteiger partial charge in [-0.15, -0.1) is 0 Å². The van der Waals surface area contributed by atoms with Gasteiger partial charge in [0.15, 0.2) is 5.65 Å². The van der Waals surface area contributed by atoms with E-state index in [1.165, 1.54) is 23.1 Å². The van der Waals surface area contributed by atoms with Gasteiger partial charge < -0.3 is 15.1 Å². The van der Waals surface area contributed by atoms with Gasteiger partial charge in [-0.05, 0) is 36.8 Å². The third-order valence-electron chi connectivity index (χ3n) is 5.73. The van der Waals surface area contributed by atoms with Gasteiger partial charge in [0.1, 0.15) is 30.3 Å². The lowest BCUT2D eigenvalue weighted by atomic mass is 10.2. The Bertz CT molecular complexity index is 1280. The van der Waals surface area contributed by atoms with Crippen LogP contribution in [0.5, 0.6) is 0 Å². The maximum absolute atomic E-state index is 13.5. The molecule has 9 nitrogen and oxygen atoms in total. The van der Waals surface area contributed by atoms with Crippen LogP contribution in [0.3, 0.4) is 0 Å². The Morgan fingerprint density at radius 3 is 2.67 bits per heavy atom. The molecule has 1 N–H and O–H groups in total. The SMILES string of the molecule is Cc1ccc(F)cc1NC(=O)Cn1ncc2c(N3CCN(c4ccccn4)CC3)ncnc21. The van der Waals surface area contributed by atoms with Crippen LogP contribution in [0.2, 0.25) is 0 Å². The molecule has 0 unspecified atom stereocenters. The Kier molecular flexibility index (Phi) is 5.55. The molecule has 4 aromatic rings. The molecule has 0 atom stereocenters. The van der Waals surface area contributed by atoms with Gasteiger partial charge in [-0.3, -0.25) is 4.79 Å². The van der Waals surface area contributed by atoms with Gasteiger partial charge in [0, 0.05) is 38.1 Å². The summed E-state index contributed by atoms with van der Waals surface area (Å²) in [7, 11) is 0. The fourth-order valence-electron chi connectivity index (χ4n) is 3.99. The highest BCUT2D eigenvalue weighted by Gasteiger charge is 2.22. The van der Waals surface area contributed by atoms with Gasteiger partial charge in [-0.1, -0.05) is 12.1 Å². The van der Waals surface area contributed by atoms with E-state index in [9.17, 15) is 9.18 Å². The van der Waals surface area contributed by atoms with Crippen molar-refractivity contribution in [3.05, 3.63) is 66.5 Å². The number of halogens is 1. The molecule has 5 rings (SSSR count). The van der Waals surface area contributed by atoms with Crippen molar-refractivity contribution in [3.8, 4) is 0 Å². The number of aryl methyl sites for hydroxylation is 1. The van der Waals surface area contributed by atoms with Crippen molar-refractivity contribution in [2.75, 3.05) is 41.3 Å². The van der Waals surface area contributed by atoms with Crippen LogP contribution in [-0.2, 0) is 11.3 Å². The number of amides is 1. The number of carbonyl (C=O) groups excluding carboxylic acids is 1. The highest BCUT2D eigenvalue weighted by molar-refractivity contribution is 5.93. The van der Waals surface area contributed by atoms with Crippen molar-refractivity contribution in [3.63, 3.8) is 0 Å². The number of hydrogen-bond acceptors (Lipinski definition) is 7. The molecule has 33 heavy (non-hydrogen) atoms. The predicted molar refractivity (Wildman–Crippen MR) is 124 cm³/mol. The van der Waals surface area contributed by atoms with Gasteiger partial charge in [-0.25, -0.2) is 24.0 Å². The smallest absolute Gasteiger partial charge is 0.246 e. The molecule has 0 bridgehead atoms. The van der Waals surface area contributed by atoms with Crippen LogP contribution < -0.4 is 15.1 Å². The lowest BCUT2D eigenvalue weighted by Gasteiger charge is -2.36. The molecule has 1 aliphatic heterocycles. The normalized spacial score (nSPS) is 14.0. The van der Waals surface area contributed by atoms with Crippen molar-refractivity contribution in [1.29, 1.82) is 0 Å². The minimum Gasteiger partial charge on any atom is -0.353 e. The molecule has 0 spiro atoms. The number of rotatable bonds is 5. The molecule has 1 fully saturated rings. The summed E-state index contributed by atoms with van der Waals surface area (Å²) in [5, 5.41) is 7.90. The zero-order valence-corrected chi connectivity index (χ0v) is 18.1. The average Bonchev–Trinajstić information content (AvgIpc) is 3.25. The zero-order valence-electron chi connectivity index (χ0n) is 18.1. The van der Waals surface area contributed by atoms with Gasteiger partial charge in [0.2, 0.25) is 5.91 Å². The highest BCUT2D eigenvalue weighted by atomic mass is 19.1. The van der Waals surface area contributed by atoms with Crippen molar-refractivity contribution < 1.29 is 9.18 Å². The Labute approximate surface area is 189 Å². The number of hydrogen-bond donors (Lipinski definition) is 1. The molecular formula is C23H23FN8O.